The fourth-order valence-corrected chi connectivity index (χ4v) is 1.86. The third kappa shape index (κ3) is 7.01. The number of rotatable bonds is 10. The molecular weight excluding hydrogens is 300 g/mol. The summed E-state index contributed by atoms with van der Waals surface area (Å²) in [5.74, 6) is 0.676. The van der Waals surface area contributed by atoms with Gasteiger partial charge in [-0.2, -0.15) is 0 Å². The van der Waals surface area contributed by atoms with E-state index in [0.717, 1.165) is 6.42 Å². The fraction of sp³-hybridized carbons (Fsp3) is 0.500. The largest absolute Gasteiger partial charge is 0.497 e. The molecule has 23 heavy (non-hydrogen) atoms. The van der Waals surface area contributed by atoms with Crippen LogP contribution in [0.3, 0.4) is 0 Å². The molecule has 0 fully saturated rings. The zero-order valence-corrected chi connectivity index (χ0v) is 13.8. The van der Waals surface area contributed by atoms with Crippen LogP contribution >= 0.6 is 0 Å². The van der Waals surface area contributed by atoms with E-state index in [9.17, 15) is 9.59 Å². The van der Waals surface area contributed by atoms with Crippen LogP contribution in [0, 0.1) is 0 Å². The van der Waals surface area contributed by atoms with Crippen molar-refractivity contribution in [3.05, 3.63) is 23.8 Å². The van der Waals surface area contributed by atoms with Gasteiger partial charge >= 0.3 is 0 Å². The Bertz CT molecular complexity index is 497. The van der Waals surface area contributed by atoms with E-state index < -0.39 is 0 Å². The van der Waals surface area contributed by atoms with Crippen molar-refractivity contribution in [3.8, 4) is 11.5 Å². The highest BCUT2D eigenvalue weighted by atomic mass is 16.5. The number of carbonyl (C=O) groups excluding carboxylic acids is 2. The highest BCUT2D eigenvalue weighted by Crippen LogP contribution is 2.22. The molecule has 0 spiro atoms. The molecular formula is C16H24N2O5. The maximum Gasteiger partial charge on any atom is 0.251 e. The summed E-state index contributed by atoms with van der Waals surface area (Å²) in [5, 5.41) is 5.46. The molecule has 0 aliphatic heterocycles. The molecule has 0 heterocycles. The molecule has 0 aliphatic carbocycles. The van der Waals surface area contributed by atoms with Crippen molar-refractivity contribution in [2.75, 3.05) is 41.0 Å². The van der Waals surface area contributed by atoms with E-state index in [1.807, 2.05) is 0 Å². The molecule has 1 aromatic rings. The number of carbonyl (C=O) groups is 2. The van der Waals surface area contributed by atoms with E-state index in [-0.39, 0.29) is 24.8 Å². The van der Waals surface area contributed by atoms with Crippen molar-refractivity contribution < 1.29 is 23.8 Å². The molecule has 7 nitrogen and oxygen atoms in total. The number of nitrogens with one attached hydrogen (secondary N) is 2. The van der Waals surface area contributed by atoms with Crippen molar-refractivity contribution in [1.29, 1.82) is 0 Å². The van der Waals surface area contributed by atoms with Crippen molar-refractivity contribution in [2.45, 2.75) is 12.8 Å². The van der Waals surface area contributed by atoms with Gasteiger partial charge in [-0.15, -0.1) is 0 Å². The summed E-state index contributed by atoms with van der Waals surface area (Å²) in [5.41, 5.74) is 0.418. The Balaban J connectivity index is 2.40. The first kappa shape index (κ1) is 18.8. The predicted molar refractivity (Wildman–Crippen MR) is 86.0 cm³/mol. The Morgan fingerprint density at radius 2 is 1.61 bits per heavy atom. The van der Waals surface area contributed by atoms with Crippen molar-refractivity contribution >= 4 is 11.8 Å². The van der Waals surface area contributed by atoms with Crippen LogP contribution in [0.2, 0.25) is 0 Å². The lowest BCUT2D eigenvalue weighted by atomic mass is 10.2. The van der Waals surface area contributed by atoms with Gasteiger partial charge in [-0.1, -0.05) is 0 Å². The van der Waals surface area contributed by atoms with Gasteiger partial charge in [-0.3, -0.25) is 9.59 Å². The second kappa shape index (κ2) is 10.4. The monoisotopic (exact) mass is 324 g/mol. The average Bonchev–Trinajstić information content (AvgIpc) is 2.58. The second-order valence-corrected chi connectivity index (χ2v) is 4.80. The molecule has 2 amide bonds. The van der Waals surface area contributed by atoms with Crippen LogP contribution in [0.15, 0.2) is 18.2 Å². The Labute approximate surface area is 136 Å². The van der Waals surface area contributed by atoms with Gasteiger partial charge in [0.2, 0.25) is 5.91 Å². The number of ether oxygens (including phenoxy) is 3. The molecule has 0 saturated carbocycles. The second-order valence-electron chi connectivity index (χ2n) is 4.80. The summed E-state index contributed by atoms with van der Waals surface area (Å²) in [4.78, 5) is 23.7. The van der Waals surface area contributed by atoms with Crippen LogP contribution in [0.5, 0.6) is 11.5 Å². The number of amides is 2. The molecule has 0 radical (unpaired) electrons. The van der Waals surface area contributed by atoms with E-state index >= 15 is 0 Å². The SMILES string of the molecule is COCCCNC(=O)CCNC(=O)c1cc(OC)cc(OC)c1. The summed E-state index contributed by atoms with van der Waals surface area (Å²) in [6.07, 6.45) is 0.984. The summed E-state index contributed by atoms with van der Waals surface area (Å²) >= 11 is 0. The number of hydrogen-bond donors (Lipinski definition) is 2. The van der Waals surface area contributed by atoms with Gasteiger partial charge in [0.05, 0.1) is 14.2 Å². The lowest BCUT2D eigenvalue weighted by molar-refractivity contribution is -0.120. The first-order valence-corrected chi connectivity index (χ1v) is 7.37. The van der Waals surface area contributed by atoms with Gasteiger partial charge in [0, 0.05) is 44.9 Å². The maximum atomic E-state index is 12.1. The average molecular weight is 324 g/mol. The highest BCUT2D eigenvalue weighted by Gasteiger charge is 2.10. The zero-order valence-electron chi connectivity index (χ0n) is 13.8. The minimum atomic E-state index is -0.283. The summed E-state index contributed by atoms with van der Waals surface area (Å²) in [6, 6.07) is 4.91. The molecule has 0 unspecified atom stereocenters. The van der Waals surface area contributed by atoms with Gasteiger partial charge in [0.1, 0.15) is 11.5 Å². The molecule has 0 bridgehead atoms. The van der Waals surface area contributed by atoms with E-state index in [1.54, 1.807) is 25.3 Å². The Kier molecular flexibility index (Phi) is 8.52. The van der Waals surface area contributed by atoms with Crippen LogP contribution in [-0.2, 0) is 9.53 Å². The molecule has 7 heteroatoms. The van der Waals surface area contributed by atoms with E-state index in [4.69, 9.17) is 14.2 Å². The molecule has 0 saturated heterocycles. The van der Waals surface area contributed by atoms with Gasteiger partial charge in [-0.25, -0.2) is 0 Å². The molecule has 1 aromatic carbocycles. The van der Waals surface area contributed by atoms with Crippen molar-refractivity contribution in [1.82, 2.24) is 10.6 Å². The minimum Gasteiger partial charge on any atom is -0.497 e. The molecule has 1 rings (SSSR count). The van der Waals surface area contributed by atoms with Crippen LogP contribution in [-0.4, -0.2) is 52.8 Å². The summed E-state index contributed by atoms with van der Waals surface area (Å²) in [6.45, 7) is 1.43. The van der Waals surface area contributed by atoms with Gasteiger partial charge in [0.15, 0.2) is 0 Å². The maximum absolute atomic E-state index is 12.1. The molecule has 128 valence electrons. The Morgan fingerprint density at radius 3 is 2.17 bits per heavy atom. The Hall–Kier alpha value is -2.28. The van der Waals surface area contributed by atoms with Crippen molar-refractivity contribution in [3.63, 3.8) is 0 Å². The summed E-state index contributed by atoms with van der Waals surface area (Å²) in [7, 11) is 4.65. The third-order valence-electron chi connectivity index (χ3n) is 3.10. The smallest absolute Gasteiger partial charge is 0.251 e. The van der Waals surface area contributed by atoms with Crippen LogP contribution in [0.25, 0.3) is 0 Å². The molecule has 0 aliphatic rings. The van der Waals surface area contributed by atoms with Crippen molar-refractivity contribution in [2.24, 2.45) is 0 Å². The molecule has 2 N–H and O–H groups in total. The van der Waals surface area contributed by atoms with Crippen LogP contribution in [0.4, 0.5) is 0 Å². The standard InChI is InChI=1S/C16H24N2O5/c1-21-8-4-6-17-15(19)5-7-18-16(20)12-9-13(22-2)11-14(10-12)23-3/h9-11H,4-8H2,1-3H3,(H,17,19)(H,18,20). The van der Waals surface area contributed by atoms with E-state index in [1.165, 1.54) is 14.2 Å². The lowest BCUT2D eigenvalue weighted by Gasteiger charge is -2.09. The fourth-order valence-electron chi connectivity index (χ4n) is 1.86. The summed E-state index contributed by atoms with van der Waals surface area (Å²) < 4.78 is 15.1. The number of methoxy groups -OCH3 is 3. The van der Waals surface area contributed by atoms with E-state index in [2.05, 4.69) is 10.6 Å². The minimum absolute atomic E-state index is 0.107. The van der Waals surface area contributed by atoms with E-state index in [0.29, 0.717) is 30.2 Å². The quantitative estimate of drug-likeness (QED) is 0.627. The molecule has 0 atom stereocenters. The first-order valence-electron chi connectivity index (χ1n) is 7.37. The molecule has 0 aromatic heterocycles. The van der Waals surface area contributed by atoms with Gasteiger partial charge in [-0.05, 0) is 18.6 Å². The Morgan fingerprint density at radius 1 is 0.957 bits per heavy atom. The number of hydrogen-bond acceptors (Lipinski definition) is 5. The van der Waals surface area contributed by atoms with Gasteiger partial charge in [0.25, 0.3) is 5.91 Å². The van der Waals surface area contributed by atoms with Crippen LogP contribution < -0.4 is 20.1 Å². The van der Waals surface area contributed by atoms with Crippen LogP contribution in [0.1, 0.15) is 23.2 Å². The predicted octanol–water partition coefficient (Wildman–Crippen LogP) is 0.976. The normalized spacial score (nSPS) is 10.0. The first-order chi connectivity index (χ1) is 11.1. The lowest BCUT2D eigenvalue weighted by Crippen LogP contribution is -2.31. The topological polar surface area (TPSA) is 85.9 Å². The number of benzene rings is 1. The third-order valence-corrected chi connectivity index (χ3v) is 3.10. The highest BCUT2D eigenvalue weighted by molar-refractivity contribution is 5.95. The van der Waals surface area contributed by atoms with Gasteiger partial charge < -0.3 is 24.8 Å². The zero-order chi connectivity index (χ0) is 17.1.